The highest BCUT2D eigenvalue weighted by Gasteiger charge is 1.96. The summed E-state index contributed by atoms with van der Waals surface area (Å²) < 4.78 is 0. The van der Waals surface area contributed by atoms with Gasteiger partial charge in [0.2, 0.25) is 0 Å². The van der Waals surface area contributed by atoms with E-state index in [1.54, 1.807) is 0 Å². The Morgan fingerprint density at radius 2 is 2.08 bits per heavy atom. The molecule has 0 amide bonds. The molecule has 60 valence electrons. The summed E-state index contributed by atoms with van der Waals surface area (Å²) in [5.74, 6) is 0. The molecule has 0 bridgehead atoms. The molecule has 2 N–H and O–H groups in total. The average Bonchev–Trinajstić information content (AvgIpc) is 2.07. The SMILES string of the molecule is Cc1ccnc2ccc(N)cc12. The van der Waals surface area contributed by atoms with Crippen LogP contribution in [-0.2, 0) is 0 Å². The van der Waals surface area contributed by atoms with Gasteiger partial charge in [0.05, 0.1) is 5.52 Å². The van der Waals surface area contributed by atoms with Crippen LogP contribution in [0.1, 0.15) is 5.56 Å². The Labute approximate surface area is 71.0 Å². The highest BCUT2D eigenvalue weighted by Crippen LogP contribution is 2.18. The molecule has 0 spiro atoms. The molecule has 2 aromatic rings. The number of pyridine rings is 1. The predicted octanol–water partition coefficient (Wildman–Crippen LogP) is 2.13. The molecule has 0 aliphatic carbocycles. The summed E-state index contributed by atoms with van der Waals surface area (Å²) in [6.07, 6.45) is 1.81. The molecule has 12 heavy (non-hydrogen) atoms. The van der Waals surface area contributed by atoms with E-state index in [1.807, 2.05) is 30.5 Å². The summed E-state index contributed by atoms with van der Waals surface area (Å²) in [5.41, 5.74) is 8.67. The number of nitrogens with zero attached hydrogens (tertiary/aromatic N) is 1. The fourth-order valence-corrected chi connectivity index (χ4v) is 1.30. The van der Waals surface area contributed by atoms with Gasteiger partial charge in [-0.15, -0.1) is 0 Å². The van der Waals surface area contributed by atoms with E-state index in [0.717, 1.165) is 16.6 Å². The van der Waals surface area contributed by atoms with Gasteiger partial charge in [-0.25, -0.2) is 0 Å². The van der Waals surface area contributed by atoms with Crippen LogP contribution in [0.2, 0.25) is 0 Å². The maximum absolute atomic E-state index is 5.66. The van der Waals surface area contributed by atoms with Gasteiger partial charge in [-0.1, -0.05) is 0 Å². The van der Waals surface area contributed by atoms with Crippen LogP contribution in [0.4, 0.5) is 5.69 Å². The van der Waals surface area contributed by atoms with Crippen molar-refractivity contribution in [3.63, 3.8) is 0 Å². The van der Waals surface area contributed by atoms with Gasteiger partial charge in [-0.2, -0.15) is 0 Å². The Hall–Kier alpha value is -1.57. The first-order valence-electron chi connectivity index (χ1n) is 3.88. The van der Waals surface area contributed by atoms with E-state index in [4.69, 9.17) is 5.73 Å². The van der Waals surface area contributed by atoms with Gasteiger partial charge < -0.3 is 5.73 Å². The van der Waals surface area contributed by atoms with Crippen LogP contribution < -0.4 is 5.73 Å². The fourth-order valence-electron chi connectivity index (χ4n) is 1.30. The van der Waals surface area contributed by atoms with Crippen LogP contribution in [0.3, 0.4) is 0 Å². The number of nitrogen functional groups attached to an aromatic ring is 1. The van der Waals surface area contributed by atoms with Crippen LogP contribution in [0, 0.1) is 6.92 Å². The normalized spacial score (nSPS) is 10.4. The minimum absolute atomic E-state index is 0.790. The lowest BCUT2D eigenvalue weighted by Gasteiger charge is -2.00. The Balaban J connectivity index is 2.88. The Bertz CT molecular complexity index is 421. The molecule has 0 aliphatic heterocycles. The van der Waals surface area contributed by atoms with Gasteiger partial charge in [0.25, 0.3) is 0 Å². The molecule has 0 atom stereocenters. The van der Waals surface area contributed by atoms with E-state index in [2.05, 4.69) is 11.9 Å². The number of fused-ring (bicyclic) bond motifs is 1. The van der Waals surface area contributed by atoms with Crippen molar-refractivity contribution >= 4 is 16.6 Å². The third-order valence-corrected chi connectivity index (χ3v) is 1.98. The van der Waals surface area contributed by atoms with Gasteiger partial charge in [0, 0.05) is 17.3 Å². The lowest BCUT2D eigenvalue weighted by molar-refractivity contribution is 1.37. The molecule has 2 rings (SSSR count). The van der Waals surface area contributed by atoms with E-state index in [-0.39, 0.29) is 0 Å². The molecule has 0 saturated carbocycles. The number of nitrogens with two attached hydrogens (primary N) is 1. The second kappa shape index (κ2) is 2.48. The Morgan fingerprint density at radius 1 is 1.25 bits per heavy atom. The van der Waals surface area contributed by atoms with E-state index < -0.39 is 0 Å². The molecular formula is C10H10N2. The maximum Gasteiger partial charge on any atom is 0.0706 e. The summed E-state index contributed by atoms with van der Waals surface area (Å²) >= 11 is 0. The molecule has 1 heterocycles. The van der Waals surface area contributed by atoms with Crippen molar-refractivity contribution in [2.45, 2.75) is 6.92 Å². The monoisotopic (exact) mass is 158 g/mol. The molecule has 0 radical (unpaired) electrons. The van der Waals surface area contributed by atoms with Crippen molar-refractivity contribution in [1.29, 1.82) is 0 Å². The summed E-state index contributed by atoms with van der Waals surface area (Å²) in [6.45, 7) is 2.06. The van der Waals surface area contributed by atoms with Crippen LogP contribution in [0.5, 0.6) is 0 Å². The highest BCUT2D eigenvalue weighted by molar-refractivity contribution is 5.84. The number of hydrogen-bond acceptors (Lipinski definition) is 2. The fraction of sp³-hybridized carbons (Fsp3) is 0.100. The van der Waals surface area contributed by atoms with Crippen molar-refractivity contribution in [1.82, 2.24) is 4.98 Å². The number of hydrogen-bond donors (Lipinski definition) is 1. The Morgan fingerprint density at radius 3 is 2.92 bits per heavy atom. The van der Waals surface area contributed by atoms with Crippen LogP contribution >= 0.6 is 0 Å². The molecule has 1 aromatic heterocycles. The van der Waals surface area contributed by atoms with Gasteiger partial charge in [-0.05, 0) is 36.8 Å². The Kier molecular flexibility index (Phi) is 1.47. The van der Waals surface area contributed by atoms with Crippen molar-refractivity contribution in [2.24, 2.45) is 0 Å². The molecule has 0 unspecified atom stereocenters. The zero-order chi connectivity index (χ0) is 8.55. The summed E-state index contributed by atoms with van der Waals surface area (Å²) in [5, 5.41) is 1.14. The lowest BCUT2D eigenvalue weighted by atomic mass is 10.1. The molecule has 0 fully saturated rings. The zero-order valence-corrected chi connectivity index (χ0v) is 6.91. The molecule has 2 nitrogen and oxygen atoms in total. The van der Waals surface area contributed by atoms with Gasteiger partial charge in [0.15, 0.2) is 0 Å². The van der Waals surface area contributed by atoms with Crippen molar-refractivity contribution in [2.75, 3.05) is 5.73 Å². The van der Waals surface area contributed by atoms with Crippen molar-refractivity contribution in [3.8, 4) is 0 Å². The number of aromatic nitrogens is 1. The van der Waals surface area contributed by atoms with Crippen molar-refractivity contribution in [3.05, 3.63) is 36.0 Å². The smallest absolute Gasteiger partial charge is 0.0706 e. The first-order chi connectivity index (χ1) is 5.77. The maximum atomic E-state index is 5.66. The number of aryl methyl sites for hydroxylation is 1. The molecule has 1 aromatic carbocycles. The number of rotatable bonds is 0. The number of anilines is 1. The van der Waals surface area contributed by atoms with Gasteiger partial charge in [-0.3, -0.25) is 4.98 Å². The predicted molar refractivity (Wildman–Crippen MR) is 50.9 cm³/mol. The summed E-state index contributed by atoms with van der Waals surface area (Å²) in [7, 11) is 0. The van der Waals surface area contributed by atoms with Crippen LogP contribution in [-0.4, -0.2) is 4.98 Å². The van der Waals surface area contributed by atoms with E-state index >= 15 is 0 Å². The average molecular weight is 158 g/mol. The second-order valence-electron chi connectivity index (χ2n) is 2.90. The van der Waals surface area contributed by atoms with E-state index in [9.17, 15) is 0 Å². The third-order valence-electron chi connectivity index (χ3n) is 1.98. The standard InChI is InChI=1S/C10H10N2/c1-7-4-5-12-10-3-2-8(11)6-9(7)10/h2-6H,11H2,1H3. The zero-order valence-electron chi connectivity index (χ0n) is 6.91. The van der Waals surface area contributed by atoms with Crippen molar-refractivity contribution < 1.29 is 0 Å². The quantitative estimate of drug-likeness (QED) is 0.596. The molecule has 0 aliphatic rings. The second-order valence-corrected chi connectivity index (χ2v) is 2.90. The third kappa shape index (κ3) is 1.01. The molecule has 0 saturated heterocycles. The first kappa shape index (κ1) is 7.10. The summed E-state index contributed by atoms with van der Waals surface area (Å²) in [4.78, 5) is 4.23. The first-order valence-corrected chi connectivity index (χ1v) is 3.88. The van der Waals surface area contributed by atoms with Gasteiger partial charge in [0.1, 0.15) is 0 Å². The van der Waals surface area contributed by atoms with E-state index in [1.165, 1.54) is 5.56 Å². The minimum Gasteiger partial charge on any atom is -0.399 e. The highest BCUT2D eigenvalue weighted by atomic mass is 14.6. The van der Waals surface area contributed by atoms with Crippen LogP contribution in [0.25, 0.3) is 10.9 Å². The van der Waals surface area contributed by atoms with Crippen LogP contribution in [0.15, 0.2) is 30.5 Å². The molecular weight excluding hydrogens is 148 g/mol. The molecule has 2 heteroatoms. The van der Waals surface area contributed by atoms with Gasteiger partial charge >= 0.3 is 0 Å². The lowest BCUT2D eigenvalue weighted by Crippen LogP contribution is -1.86. The summed E-state index contributed by atoms with van der Waals surface area (Å²) in [6, 6.07) is 7.76. The largest absolute Gasteiger partial charge is 0.399 e. The number of benzene rings is 1. The van der Waals surface area contributed by atoms with E-state index in [0.29, 0.717) is 0 Å². The topological polar surface area (TPSA) is 38.9 Å². The minimum atomic E-state index is 0.790.